The Kier molecular flexibility index (Phi) is 4.38. The number of hydrogen-bond acceptors (Lipinski definition) is 3. The molecule has 0 radical (unpaired) electrons. The van der Waals surface area contributed by atoms with Crippen LogP contribution in [0.4, 0.5) is 11.4 Å². The second-order valence-electron chi connectivity index (χ2n) is 6.35. The first kappa shape index (κ1) is 16.9. The summed E-state index contributed by atoms with van der Waals surface area (Å²) in [6.45, 7) is 0. The number of nitrogens with one attached hydrogen (secondary N) is 1. The Morgan fingerprint density at radius 1 is 0.852 bits per heavy atom. The molecule has 0 atom stereocenters. The molecule has 1 heterocycles. The van der Waals surface area contributed by atoms with Gasteiger partial charge in [0.2, 0.25) is 0 Å². The highest BCUT2D eigenvalue weighted by atomic mass is 16.5. The molecule has 0 spiro atoms. The van der Waals surface area contributed by atoms with Crippen molar-refractivity contribution in [2.75, 3.05) is 12.4 Å². The van der Waals surface area contributed by atoms with Crippen molar-refractivity contribution >= 4 is 22.3 Å². The maximum atomic E-state index is 13.2. The minimum Gasteiger partial charge on any atom is -0.497 e. The molecule has 0 fully saturated rings. The minimum atomic E-state index is -0.0663. The van der Waals surface area contributed by atoms with Gasteiger partial charge in [0.25, 0.3) is 5.56 Å². The number of ether oxygens (including phenoxy) is 1. The highest BCUT2D eigenvalue weighted by Crippen LogP contribution is 2.34. The number of hydrogen-bond donors (Lipinski definition) is 1. The third kappa shape index (κ3) is 3.06. The molecule has 0 saturated carbocycles. The summed E-state index contributed by atoms with van der Waals surface area (Å²) in [4.78, 5) is 13.2. The quantitative estimate of drug-likeness (QED) is 0.562. The average molecular weight is 356 g/mol. The standard InChI is InChI=1S/C23H20N2O2/c1-25-20-11-7-6-10-19(20)21(16-8-4-3-5-9-16)22(23(25)26)24-17-12-14-18(27-2)15-13-17/h3-15,24H,1-2H3. The van der Waals surface area contributed by atoms with Crippen molar-refractivity contribution in [1.82, 2.24) is 4.57 Å². The molecule has 134 valence electrons. The molecule has 1 aromatic heterocycles. The number of methoxy groups -OCH3 is 1. The van der Waals surface area contributed by atoms with Crippen molar-refractivity contribution in [3.8, 4) is 16.9 Å². The topological polar surface area (TPSA) is 43.3 Å². The molecule has 0 unspecified atom stereocenters. The first-order chi connectivity index (χ1) is 13.2. The maximum absolute atomic E-state index is 13.2. The number of nitrogens with zero attached hydrogens (tertiary/aromatic N) is 1. The van der Waals surface area contributed by atoms with E-state index >= 15 is 0 Å². The third-order valence-electron chi connectivity index (χ3n) is 4.73. The summed E-state index contributed by atoms with van der Waals surface area (Å²) in [5.41, 5.74) is 4.14. The van der Waals surface area contributed by atoms with Gasteiger partial charge >= 0.3 is 0 Å². The van der Waals surface area contributed by atoms with Crippen LogP contribution in [0, 0.1) is 0 Å². The van der Waals surface area contributed by atoms with E-state index in [2.05, 4.69) is 11.4 Å². The van der Waals surface area contributed by atoms with Gasteiger partial charge in [-0.15, -0.1) is 0 Å². The lowest BCUT2D eigenvalue weighted by atomic mass is 9.99. The summed E-state index contributed by atoms with van der Waals surface area (Å²) in [5, 5.41) is 4.36. The molecule has 0 aliphatic heterocycles. The summed E-state index contributed by atoms with van der Waals surface area (Å²) in [5.74, 6) is 0.773. The average Bonchev–Trinajstić information content (AvgIpc) is 2.73. The number of fused-ring (bicyclic) bond motifs is 1. The lowest BCUT2D eigenvalue weighted by molar-refractivity contribution is 0.415. The number of benzene rings is 3. The van der Waals surface area contributed by atoms with Gasteiger partial charge < -0.3 is 14.6 Å². The number of rotatable bonds is 4. The zero-order valence-electron chi connectivity index (χ0n) is 15.3. The van der Waals surface area contributed by atoms with Gasteiger partial charge in [0.1, 0.15) is 11.4 Å². The minimum absolute atomic E-state index is 0.0663. The molecular weight excluding hydrogens is 336 g/mol. The fourth-order valence-corrected chi connectivity index (χ4v) is 3.34. The number of aromatic nitrogens is 1. The van der Waals surface area contributed by atoms with E-state index in [1.54, 1.807) is 18.7 Å². The number of pyridine rings is 1. The van der Waals surface area contributed by atoms with E-state index in [-0.39, 0.29) is 5.56 Å². The lowest BCUT2D eigenvalue weighted by Gasteiger charge is -2.17. The number of aryl methyl sites for hydroxylation is 1. The predicted molar refractivity (Wildman–Crippen MR) is 111 cm³/mol. The SMILES string of the molecule is COc1ccc(Nc2c(-c3ccccc3)c3ccccc3n(C)c2=O)cc1. The molecule has 0 bridgehead atoms. The van der Waals surface area contributed by atoms with Crippen LogP contribution in [0.1, 0.15) is 0 Å². The van der Waals surface area contributed by atoms with E-state index in [0.29, 0.717) is 5.69 Å². The molecule has 4 rings (SSSR count). The Balaban J connectivity index is 1.98. The van der Waals surface area contributed by atoms with E-state index in [0.717, 1.165) is 33.5 Å². The van der Waals surface area contributed by atoms with Crippen molar-refractivity contribution in [1.29, 1.82) is 0 Å². The van der Waals surface area contributed by atoms with Crippen molar-refractivity contribution in [2.24, 2.45) is 7.05 Å². The first-order valence-electron chi connectivity index (χ1n) is 8.77. The normalized spacial score (nSPS) is 10.7. The van der Waals surface area contributed by atoms with E-state index < -0.39 is 0 Å². The summed E-state index contributed by atoms with van der Waals surface area (Å²) >= 11 is 0. The van der Waals surface area contributed by atoms with Crippen LogP contribution >= 0.6 is 0 Å². The van der Waals surface area contributed by atoms with Gasteiger partial charge in [0.15, 0.2) is 0 Å². The zero-order chi connectivity index (χ0) is 18.8. The fourth-order valence-electron chi connectivity index (χ4n) is 3.34. The molecule has 4 nitrogen and oxygen atoms in total. The van der Waals surface area contributed by atoms with Gasteiger partial charge in [-0.25, -0.2) is 0 Å². The van der Waals surface area contributed by atoms with Gasteiger partial charge in [0, 0.05) is 23.7 Å². The van der Waals surface area contributed by atoms with Crippen molar-refractivity contribution in [2.45, 2.75) is 0 Å². The lowest BCUT2D eigenvalue weighted by Crippen LogP contribution is -2.21. The van der Waals surface area contributed by atoms with Crippen LogP contribution in [-0.2, 0) is 7.05 Å². The van der Waals surface area contributed by atoms with Gasteiger partial charge in [-0.05, 0) is 35.9 Å². The Morgan fingerprint density at radius 3 is 2.22 bits per heavy atom. The summed E-state index contributed by atoms with van der Waals surface area (Å²) in [6, 6.07) is 25.5. The molecule has 0 amide bonds. The van der Waals surface area contributed by atoms with Crippen LogP contribution in [0.3, 0.4) is 0 Å². The van der Waals surface area contributed by atoms with Gasteiger partial charge in [-0.2, -0.15) is 0 Å². The largest absolute Gasteiger partial charge is 0.497 e. The van der Waals surface area contributed by atoms with Gasteiger partial charge in [0.05, 0.1) is 12.6 Å². The Hall–Kier alpha value is -3.53. The molecule has 0 aliphatic rings. The Labute approximate surface area is 157 Å². The summed E-state index contributed by atoms with van der Waals surface area (Å²) < 4.78 is 6.91. The Bertz CT molecular complexity index is 1150. The van der Waals surface area contributed by atoms with Crippen LogP contribution in [0.25, 0.3) is 22.0 Å². The second kappa shape index (κ2) is 7.00. The molecule has 3 aromatic carbocycles. The van der Waals surface area contributed by atoms with Crippen molar-refractivity contribution in [3.05, 3.63) is 89.2 Å². The maximum Gasteiger partial charge on any atom is 0.275 e. The highest BCUT2D eigenvalue weighted by molar-refractivity contribution is 6.01. The van der Waals surface area contributed by atoms with Crippen LogP contribution in [0.5, 0.6) is 5.75 Å². The molecule has 0 saturated heterocycles. The van der Waals surface area contributed by atoms with E-state index in [4.69, 9.17) is 4.74 Å². The monoisotopic (exact) mass is 356 g/mol. The highest BCUT2D eigenvalue weighted by Gasteiger charge is 2.16. The van der Waals surface area contributed by atoms with Gasteiger partial charge in [-0.1, -0.05) is 48.5 Å². The van der Waals surface area contributed by atoms with E-state index in [1.165, 1.54) is 0 Å². The zero-order valence-corrected chi connectivity index (χ0v) is 15.3. The predicted octanol–water partition coefficient (Wildman–Crippen LogP) is 4.96. The molecular formula is C23H20N2O2. The molecule has 4 heteroatoms. The molecule has 4 aromatic rings. The smallest absolute Gasteiger partial charge is 0.275 e. The summed E-state index contributed by atoms with van der Waals surface area (Å²) in [7, 11) is 3.44. The van der Waals surface area contributed by atoms with E-state index in [9.17, 15) is 4.79 Å². The number of para-hydroxylation sites is 1. The first-order valence-corrected chi connectivity index (χ1v) is 8.77. The van der Waals surface area contributed by atoms with Crippen molar-refractivity contribution in [3.63, 3.8) is 0 Å². The van der Waals surface area contributed by atoms with E-state index in [1.807, 2.05) is 72.8 Å². The van der Waals surface area contributed by atoms with Crippen LogP contribution in [0.2, 0.25) is 0 Å². The second-order valence-corrected chi connectivity index (χ2v) is 6.35. The van der Waals surface area contributed by atoms with Crippen LogP contribution in [0.15, 0.2) is 83.7 Å². The molecule has 0 aliphatic carbocycles. The van der Waals surface area contributed by atoms with Crippen LogP contribution < -0.4 is 15.6 Å². The number of anilines is 2. The fraction of sp³-hybridized carbons (Fsp3) is 0.0870. The van der Waals surface area contributed by atoms with Gasteiger partial charge in [-0.3, -0.25) is 4.79 Å². The van der Waals surface area contributed by atoms with Crippen LogP contribution in [-0.4, -0.2) is 11.7 Å². The van der Waals surface area contributed by atoms with Crippen molar-refractivity contribution < 1.29 is 4.74 Å². The Morgan fingerprint density at radius 2 is 1.52 bits per heavy atom. The third-order valence-corrected chi connectivity index (χ3v) is 4.73. The summed E-state index contributed by atoms with van der Waals surface area (Å²) in [6.07, 6.45) is 0. The molecule has 1 N–H and O–H groups in total. The molecule has 27 heavy (non-hydrogen) atoms.